The molecule has 0 bridgehead atoms. The zero-order chi connectivity index (χ0) is 11.8. The summed E-state index contributed by atoms with van der Waals surface area (Å²) in [5, 5.41) is 12.8. The van der Waals surface area contributed by atoms with Crippen molar-refractivity contribution in [1.29, 1.82) is 0 Å². The van der Waals surface area contributed by atoms with Crippen LogP contribution in [0.3, 0.4) is 0 Å². The first-order valence-electron chi connectivity index (χ1n) is 4.62. The largest absolute Gasteiger partial charge is 0.321 e. The monoisotopic (exact) mass is 210 g/mol. The lowest BCUT2D eigenvalue weighted by molar-refractivity contribution is -0.383. The number of nitro benzene ring substituents is 1. The Labute approximate surface area is 88.3 Å². The van der Waals surface area contributed by atoms with Crippen molar-refractivity contribution < 1.29 is 9.72 Å². The molecule has 5 heteroatoms. The van der Waals surface area contributed by atoms with E-state index in [0.717, 1.165) is 0 Å². The second-order valence-electron chi connectivity index (χ2n) is 2.46. The molecule has 0 aromatic heterocycles. The molecule has 0 spiro atoms. The zero-order valence-electron chi connectivity index (χ0n) is 8.98. The summed E-state index contributed by atoms with van der Waals surface area (Å²) >= 11 is 0. The van der Waals surface area contributed by atoms with Gasteiger partial charge in [-0.3, -0.25) is 14.9 Å². The van der Waals surface area contributed by atoms with E-state index in [-0.39, 0.29) is 17.3 Å². The summed E-state index contributed by atoms with van der Waals surface area (Å²) in [6.07, 6.45) is 0. The Morgan fingerprint density at radius 2 is 1.87 bits per heavy atom. The summed E-state index contributed by atoms with van der Waals surface area (Å²) in [6.45, 7) is 5.30. The summed E-state index contributed by atoms with van der Waals surface area (Å²) in [5.41, 5.74) is 0.123. The molecule has 0 aliphatic rings. The summed E-state index contributed by atoms with van der Waals surface area (Å²) in [6, 6.07) is 5.99. The van der Waals surface area contributed by atoms with Crippen LogP contribution in [-0.2, 0) is 4.79 Å². The maximum atomic E-state index is 10.7. The average molecular weight is 210 g/mol. The van der Waals surface area contributed by atoms with Gasteiger partial charge < -0.3 is 5.32 Å². The second kappa shape index (κ2) is 6.53. The van der Waals surface area contributed by atoms with E-state index >= 15 is 0 Å². The molecule has 0 heterocycles. The van der Waals surface area contributed by atoms with E-state index in [9.17, 15) is 14.9 Å². The Kier molecular flexibility index (Phi) is 5.70. The van der Waals surface area contributed by atoms with E-state index in [2.05, 4.69) is 5.32 Å². The molecule has 0 unspecified atom stereocenters. The summed E-state index contributed by atoms with van der Waals surface area (Å²) in [7, 11) is 0. The smallest absolute Gasteiger partial charge is 0.292 e. The Balaban J connectivity index is 0.000000921. The van der Waals surface area contributed by atoms with Crippen LogP contribution in [0, 0.1) is 10.1 Å². The molecule has 1 N–H and O–H groups in total. The van der Waals surface area contributed by atoms with Gasteiger partial charge in [0.15, 0.2) is 0 Å². The Hall–Kier alpha value is -1.91. The van der Waals surface area contributed by atoms with Crippen molar-refractivity contribution in [2.24, 2.45) is 0 Å². The SMILES string of the molecule is CC.CC(=O)Nc1ccccc1[N+](=O)[O-]. The number of rotatable bonds is 2. The number of carbonyl (C=O) groups excluding carboxylic acids is 1. The fourth-order valence-corrected chi connectivity index (χ4v) is 0.928. The third-order valence-corrected chi connectivity index (χ3v) is 1.41. The quantitative estimate of drug-likeness (QED) is 0.602. The molecule has 0 aliphatic heterocycles. The van der Waals surface area contributed by atoms with Crippen molar-refractivity contribution in [3.63, 3.8) is 0 Å². The van der Waals surface area contributed by atoms with Crippen LogP contribution in [0.2, 0.25) is 0 Å². The summed E-state index contributed by atoms with van der Waals surface area (Å²) < 4.78 is 0. The lowest BCUT2D eigenvalue weighted by Crippen LogP contribution is -2.07. The number of hydrogen-bond donors (Lipinski definition) is 1. The van der Waals surface area contributed by atoms with Gasteiger partial charge in [-0.25, -0.2) is 0 Å². The predicted octanol–water partition coefficient (Wildman–Crippen LogP) is 2.58. The fourth-order valence-electron chi connectivity index (χ4n) is 0.928. The van der Waals surface area contributed by atoms with Gasteiger partial charge in [0.2, 0.25) is 5.91 Å². The summed E-state index contributed by atoms with van der Waals surface area (Å²) in [4.78, 5) is 20.6. The van der Waals surface area contributed by atoms with Crippen LogP contribution in [0.15, 0.2) is 24.3 Å². The number of benzene rings is 1. The second-order valence-corrected chi connectivity index (χ2v) is 2.46. The molecular formula is C10H14N2O3. The highest BCUT2D eigenvalue weighted by molar-refractivity contribution is 5.91. The van der Waals surface area contributed by atoms with Crippen LogP contribution in [0.5, 0.6) is 0 Å². The fraction of sp³-hybridized carbons (Fsp3) is 0.300. The molecule has 15 heavy (non-hydrogen) atoms. The van der Waals surface area contributed by atoms with Crippen molar-refractivity contribution in [3.8, 4) is 0 Å². The lowest BCUT2D eigenvalue weighted by atomic mass is 10.2. The highest BCUT2D eigenvalue weighted by atomic mass is 16.6. The van der Waals surface area contributed by atoms with Crippen molar-refractivity contribution in [1.82, 2.24) is 0 Å². The highest BCUT2D eigenvalue weighted by Crippen LogP contribution is 2.22. The van der Waals surface area contributed by atoms with Crippen LogP contribution in [0.4, 0.5) is 11.4 Å². The molecule has 82 valence electrons. The van der Waals surface area contributed by atoms with Gasteiger partial charge in [0.25, 0.3) is 5.69 Å². The van der Waals surface area contributed by atoms with Crippen molar-refractivity contribution in [2.75, 3.05) is 5.32 Å². The van der Waals surface area contributed by atoms with E-state index in [1.54, 1.807) is 12.1 Å². The molecule has 0 atom stereocenters. The maximum absolute atomic E-state index is 10.7. The first-order valence-corrected chi connectivity index (χ1v) is 4.62. The van der Waals surface area contributed by atoms with Gasteiger partial charge >= 0.3 is 0 Å². The molecule has 1 amide bonds. The topological polar surface area (TPSA) is 72.2 Å². The number of nitrogens with zero attached hydrogens (tertiary/aromatic N) is 1. The molecule has 1 rings (SSSR count). The number of nitrogens with one attached hydrogen (secondary N) is 1. The Morgan fingerprint density at radius 3 is 2.33 bits per heavy atom. The van der Waals surface area contributed by atoms with Gasteiger partial charge in [-0.15, -0.1) is 0 Å². The standard InChI is InChI=1S/C8H8N2O3.C2H6/c1-6(11)9-7-4-2-3-5-8(7)10(12)13;1-2/h2-5H,1H3,(H,9,11);1-2H3. The van der Waals surface area contributed by atoms with E-state index in [0.29, 0.717) is 0 Å². The van der Waals surface area contributed by atoms with Gasteiger partial charge in [0, 0.05) is 13.0 Å². The molecule has 0 radical (unpaired) electrons. The number of anilines is 1. The van der Waals surface area contributed by atoms with Gasteiger partial charge in [-0.1, -0.05) is 26.0 Å². The van der Waals surface area contributed by atoms with Crippen LogP contribution in [0.25, 0.3) is 0 Å². The number of hydrogen-bond acceptors (Lipinski definition) is 3. The predicted molar refractivity (Wildman–Crippen MR) is 58.7 cm³/mol. The highest BCUT2D eigenvalue weighted by Gasteiger charge is 2.12. The maximum Gasteiger partial charge on any atom is 0.292 e. The van der Waals surface area contributed by atoms with E-state index in [1.807, 2.05) is 13.8 Å². The van der Waals surface area contributed by atoms with Crippen molar-refractivity contribution in [2.45, 2.75) is 20.8 Å². The Morgan fingerprint density at radius 1 is 1.33 bits per heavy atom. The minimum absolute atomic E-state index is 0.0994. The zero-order valence-corrected chi connectivity index (χ0v) is 8.98. The van der Waals surface area contributed by atoms with E-state index in [4.69, 9.17) is 0 Å². The number of amides is 1. The first-order chi connectivity index (χ1) is 7.11. The van der Waals surface area contributed by atoms with Gasteiger partial charge in [0.05, 0.1) is 4.92 Å². The van der Waals surface area contributed by atoms with Gasteiger partial charge in [-0.05, 0) is 6.07 Å². The van der Waals surface area contributed by atoms with Crippen LogP contribution in [-0.4, -0.2) is 10.8 Å². The Bertz CT molecular complexity index is 350. The molecule has 0 saturated heterocycles. The number of para-hydroxylation sites is 2. The normalized spacial score (nSPS) is 8.47. The van der Waals surface area contributed by atoms with Crippen molar-refractivity contribution in [3.05, 3.63) is 34.4 Å². The molecule has 0 saturated carbocycles. The minimum Gasteiger partial charge on any atom is -0.321 e. The number of carbonyl (C=O) groups is 1. The first kappa shape index (κ1) is 13.1. The van der Waals surface area contributed by atoms with E-state index in [1.165, 1.54) is 19.1 Å². The average Bonchev–Trinajstić information content (AvgIpc) is 2.20. The molecule has 1 aromatic carbocycles. The third kappa shape index (κ3) is 4.21. The minimum atomic E-state index is -0.536. The molecular weight excluding hydrogens is 196 g/mol. The summed E-state index contributed by atoms with van der Waals surface area (Å²) in [5.74, 6) is -0.325. The van der Waals surface area contributed by atoms with Gasteiger partial charge in [0.1, 0.15) is 5.69 Å². The third-order valence-electron chi connectivity index (χ3n) is 1.41. The lowest BCUT2D eigenvalue weighted by Gasteiger charge is -2.01. The van der Waals surface area contributed by atoms with Crippen LogP contribution < -0.4 is 5.32 Å². The van der Waals surface area contributed by atoms with Crippen molar-refractivity contribution >= 4 is 17.3 Å². The molecule has 0 aliphatic carbocycles. The van der Waals surface area contributed by atoms with Crippen LogP contribution in [0.1, 0.15) is 20.8 Å². The van der Waals surface area contributed by atoms with Crippen LogP contribution >= 0.6 is 0 Å². The van der Waals surface area contributed by atoms with Gasteiger partial charge in [-0.2, -0.15) is 0 Å². The molecule has 0 fully saturated rings. The molecule has 5 nitrogen and oxygen atoms in total. The molecule has 1 aromatic rings. The number of nitro groups is 1. The van der Waals surface area contributed by atoms with E-state index < -0.39 is 4.92 Å².